The van der Waals surface area contributed by atoms with Crippen LogP contribution in [0.1, 0.15) is 41.7 Å². The molecule has 2 saturated heterocycles. The van der Waals surface area contributed by atoms with E-state index in [1.54, 1.807) is 34.1 Å². The minimum absolute atomic E-state index is 0.0193. The summed E-state index contributed by atoms with van der Waals surface area (Å²) in [7, 11) is 0. The van der Waals surface area contributed by atoms with E-state index in [4.69, 9.17) is 11.6 Å². The Morgan fingerprint density at radius 3 is 2.16 bits per heavy atom. The first-order valence-electron chi connectivity index (χ1n) is 12.9. The van der Waals surface area contributed by atoms with Crippen LogP contribution in [-0.4, -0.2) is 59.4 Å². The maximum Gasteiger partial charge on any atom is 0.253 e. The zero-order valence-corrected chi connectivity index (χ0v) is 22.1. The molecule has 0 bridgehead atoms. The van der Waals surface area contributed by atoms with E-state index >= 15 is 0 Å². The maximum absolute atomic E-state index is 13.9. The van der Waals surface area contributed by atoms with Gasteiger partial charge in [0.15, 0.2) is 0 Å². The predicted molar refractivity (Wildman–Crippen MR) is 148 cm³/mol. The second kappa shape index (κ2) is 10.9. The molecular weight excluding hydrogens is 500 g/mol. The Morgan fingerprint density at radius 1 is 0.921 bits per heavy atom. The first-order chi connectivity index (χ1) is 18.4. The number of piperidine rings is 1. The molecule has 2 heterocycles. The van der Waals surface area contributed by atoms with Crippen molar-refractivity contribution in [2.24, 2.45) is 0 Å². The van der Waals surface area contributed by atoms with Gasteiger partial charge >= 0.3 is 0 Å². The quantitative estimate of drug-likeness (QED) is 0.509. The molecule has 2 aliphatic rings. The zero-order chi connectivity index (χ0) is 26.7. The zero-order valence-electron chi connectivity index (χ0n) is 21.3. The summed E-state index contributed by atoms with van der Waals surface area (Å²) in [5, 5.41) is 3.60. The summed E-state index contributed by atoms with van der Waals surface area (Å²) in [5.74, 6) is -0.336. The number of anilines is 1. The molecule has 7 nitrogen and oxygen atoms in total. The lowest BCUT2D eigenvalue weighted by atomic mass is 9.85. The molecule has 8 heteroatoms. The van der Waals surface area contributed by atoms with E-state index in [0.717, 1.165) is 11.3 Å². The third-order valence-corrected chi connectivity index (χ3v) is 7.81. The summed E-state index contributed by atoms with van der Waals surface area (Å²) in [6.45, 7) is 3.13. The highest BCUT2D eigenvalue weighted by atomic mass is 35.5. The average molecular weight is 531 g/mol. The van der Waals surface area contributed by atoms with Crippen LogP contribution < -0.4 is 10.2 Å². The summed E-state index contributed by atoms with van der Waals surface area (Å²) >= 11 is 5.98. The highest BCUT2D eigenvalue weighted by Crippen LogP contribution is 2.39. The standard InChI is InChI=1S/C30H31ClN4O3/c1-22(23-8-4-2-5-9-23)32-27(36)20-34-21-35(26-10-6-3-7-11-26)30(29(34)38)16-18-33(19-17-30)28(37)24-12-14-25(31)15-13-24/h2-15,22H,16-21H2,1H3,(H,32,36)/t22-/m0/s1. The number of rotatable bonds is 6. The number of likely N-dealkylation sites (tertiary alicyclic amines) is 1. The maximum atomic E-state index is 13.9. The number of hydrogen-bond acceptors (Lipinski definition) is 4. The number of halogens is 1. The molecule has 1 N–H and O–H groups in total. The lowest BCUT2D eigenvalue weighted by Gasteiger charge is -2.43. The van der Waals surface area contributed by atoms with Crippen LogP contribution in [0, 0.1) is 0 Å². The van der Waals surface area contributed by atoms with Crippen molar-refractivity contribution in [2.45, 2.75) is 31.3 Å². The van der Waals surface area contributed by atoms with E-state index in [2.05, 4.69) is 10.2 Å². The number of carbonyl (C=O) groups excluding carboxylic acids is 3. The first kappa shape index (κ1) is 25.8. The molecule has 1 spiro atoms. The Labute approximate surface area is 228 Å². The molecule has 3 amide bonds. The Bertz CT molecular complexity index is 1290. The van der Waals surface area contributed by atoms with Gasteiger partial charge in [0.05, 0.1) is 12.7 Å². The molecule has 5 rings (SSSR count). The van der Waals surface area contributed by atoms with Gasteiger partial charge in [-0.3, -0.25) is 14.4 Å². The molecule has 0 radical (unpaired) electrons. The van der Waals surface area contributed by atoms with Gasteiger partial charge < -0.3 is 20.0 Å². The number of hydrogen-bond donors (Lipinski definition) is 1. The summed E-state index contributed by atoms with van der Waals surface area (Å²) < 4.78 is 0. The van der Waals surface area contributed by atoms with Gasteiger partial charge in [-0.1, -0.05) is 60.1 Å². The van der Waals surface area contributed by atoms with Gasteiger partial charge in [-0.2, -0.15) is 0 Å². The topological polar surface area (TPSA) is 73.0 Å². The van der Waals surface area contributed by atoms with Gasteiger partial charge in [0.25, 0.3) is 11.8 Å². The highest BCUT2D eigenvalue weighted by molar-refractivity contribution is 6.30. The fourth-order valence-electron chi connectivity index (χ4n) is 5.46. The van der Waals surface area contributed by atoms with Crippen LogP contribution in [0.3, 0.4) is 0 Å². The fourth-order valence-corrected chi connectivity index (χ4v) is 5.59. The molecule has 2 fully saturated rings. The van der Waals surface area contributed by atoms with Crippen molar-refractivity contribution >= 4 is 35.0 Å². The van der Waals surface area contributed by atoms with Gasteiger partial charge in [-0.15, -0.1) is 0 Å². The van der Waals surface area contributed by atoms with Gasteiger partial charge in [0, 0.05) is 29.4 Å². The predicted octanol–water partition coefficient (Wildman–Crippen LogP) is 4.50. The van der Waals surface area contributed by atoms with E-state index in [9.17, 15) is 14.4 Å². The smallest absolute Gasteiger partial charge is 0.253 e. The number of nitrogens with zero attached hydrogens (tertiary/aromatic N) is 3. The van der Waals surface area contributed by atoms with Crippen LogP contribution in [0.5, 0.6) is 0 Å². The van der Waals surface area contributed by atoms with Crippen LogP contribution in [-0.2, 0) is 9.59 Å². The van der Waals surface area contributed by atoms with Crippen molar-refractivity contribution < 1.29 is 14.4 Å². The second-order valence-corrected chi connectivity index (χ2v) is 10.4. The third kappa shape index (κ3) is 5.11. The van der Waals surface area contributed by atoms with Crippen molar-refractivity contribution in [3.05, 3.63) is 101 Å². The van der Waals surface area contributed by atoms with Crippen molar-refractivity contribution in [3.63, 3.8) is 0 Å². The lowest BCUT2D eigenvalue weighted by Crippen LogP contribution is -2.57. The van der Waals surface area contributed by atoms with Crippen LogP contribution in [0.25, 0.3) is 0 Å². The molecule has 196 valence electrons. The van der Waals surface area contributed by atoms with Crippen LogP contribution >= 0.6 is 11.6 Å². The highest BCUT2D eigenvalue weighted by Gasteiger charge is 2.54. The summed E-state index contributed by atoms with van der Waals surface area (Å²) in [6, 6.07) is 26.3. The Kier molecular flexibility index (Phi) is 7.38. The molecule has 3 aromatic rings. The largest absolute Gasteiger partial charge is 0.348 e. The fraction of sp³-hybridized carbons (Fsp3) is 0.300. The van der Waals surface area contributed by atoms with Crippen molar-refractivity contribution in [3.8, 4) is 0 Å². The van der Waals surface area contributed by atoms with E-state index in [0.29, 0.717) is 43.2 Å². The number of amides is 3. The summed E-state index contributed by atoms with van der Waals surface area (Å²) in [4.78, 5) is 45.5. The third-order valence-electron chi connectivity index (χ3n) is 7.56. The molecule has 1 atom stereocenters. The first-order valence-corrected chi connectivity index (χ1v) is 13.3. The van der Waals surface area contributed by atoms with Crippen LogP contribution in [0.15, 0.2) is 84.9 Å². The number of para-hydroxylation sites is 1. The summed E-state index contributed by atoms with van der Waals surface area (Å²) in [5.41, 5.74) is 1.71. The molecular formula is C30H31ClN4O3. The minimum atomic E-state index is -0.802. The van der Waals surface area contributed by atoms with Crippen LogP contribution in [0.2, 0.25) is 5.02 Å². The molecule has 2 aliphatic heterocycles. The molecule has 0 saturated carbocycles. The van der Waals surface area contributed by atoms with E-state index < -0.39 is 5.54 Å². The molecule has 3 aromatic carbocycles. The van der Waals surface area contributed by atoms with E-state index in [1.165, 1.54) is 0 Å². The van der Waals surface area contributed by atoms with Crippen molar-refractivity contribution in [1.29, 1.82) is 0 Å². The number of nitrogens with one attached hydrogen (secondary N) is 1. The van der Waals surface area contributed by atoms with Gasteiger partial charge in [-0.05, 0) is 61.7 Å². The van der Waals surface area contributed by atoms with Crippen molar-refractivity contribution in [1.82, 2.24) is 15.1 Å². The van der Waals surface area contributed by atoms with Gasteiger partial charge in [0.1, 0.15) is 12.1 Å². The molecule has 0 aliphatic carbocycles. The SMILES string of the molecule is C[C@H](NC(=O)CN1CN(c2ccccc2)C2(CCN(C(=O)c3ccc(Cl)cc3)CC2)C1=O)c1ccccc1. The van der Waals surface area contributed by atoms with E-state index in [-0.39, 0.29) is 30.3 Å². The minimum Gasteiger partial charge on any atom is -0.348 e. The molecule has 38 heavy (non-hydrogen) atoms. The second-order valence-electron chi connectivity index (χ2n) is 9.94. The Morgan fingerprint density at radius 2 is 1.53 bits per heavy atom. The van der Waals surface area contributed by atoms with Crippen molar-refractivity contribution in [2.75, 3.05) is 31.2 Å². The number of carbonyl (C=O) groups is 3. The van der Waals surface area contributed by atoms with E-state index in [1.807, 2.05) is 67.6 Å². The Hall–Kier alpha value is -3.84. The van der Waals surface area contributed by atoms with Gasteiger partial charge in [-0.25, -0.2) is 0 Å². The Balaban J connectivity index is 1.31. The van der Waals surface area contributed by atoms with Crippen LogP contribution in [0.4, 0.5) is 5.69 Å². The lowest BCUT2D eigenvalue weighted by molar-refractivity contribution is -0.137. The van der Waals surface area contributed by atoms with Gasteiger partial charge in [0.2, 0.25) is 5.91 Å². The number of benzene rings is 3. The summed E-state index contributed by atoms with van der Waals surface area (Å²) in [6.07, 6.45) is 0.969. The molecule has 0 unspecified atom stereocenters. The monoisotopic (exact) mass is 530 g/mol. The normalized spacial score (nSPS) is 17.5. The average Bonchev–Trinajstić information content (AvgIpc) is 3.20. The molecule has 0 aromatic heterocycles.